The number of terminal acetylenes is 1. The zero-order chi connectivity index (χ0) is 10.6. The third-order valence-electron chi connectivity index (χ3n) is 2.02. The lowest BCUT2D eigenvalue weighted by atomic mass is 10.1. The Balaban J connectivity index is 2.60. The fraction of sp³-hybridized carbons (Fsp3) is 0.400. The minimum absolute atomic E-state index is 0.219. The van der Waals surface area contributed by atoms with Crippen LogP contribution in [0.1, 0.15) is 13.8 Å². The van der Waals surface area contributed by atoms with Gasteiger partial charge in [-0.1, -0.05) is 0 Å². The Labute approximate surface area is 83.3 Å². The molecule has 0 bridgehead atoms. The molecule has 0 spiro atoms. The van der Waals surface area contributed by atoms with Gasteiger partial charge in [0.25, 0.3) is 5.91 Å². The van der Waals surface area contributed by atoms with Crippen LogP contribution < -0.4 is 5.32 Å². The number of imidazole rings is 1. The zero-order valence-corrected chi connectivity index (χ0v) is 8.32. The molecule has 4 heteroatoms. The van der Waals surface area contributed by atoms with Crippen LogP contribution in [0.3, 0.4) is 0 Å². The average molecular weight is 191 g/mol. The Morgan fingerprint density at radius 3 is 2.93 bits per heavy atom. The summed E-state index contributed by atoms with van der Waals surface area (Å²) in [6.07, 6.45) is 10.2. The summed E-state index contributed by atoms with van der Waals surface area (Å²) in [7, 11) is 0. The molecule has 1 amide bonds. The fourth-order valence-electron chi connectivity index (χ4n) is 1.06. The van der Waals surface area contributed by atoms with Crippen molar-refractivity contribution < 1.29 is 4.79 Å². The third-order valence-corrected chi connectivity index (χ3v) is 2.02. The zero-order valence-electron chi connectivity index (χ0n) is 8.32. The second kappa shape index (κ2) is 3.97. The van der Waals surface area contributed by atoms with Crippen LogP contribution in [-0.2, 0) is 10.3 Å². The molecule has 1 rings (SSSR count). The molecule has 0 radical (unpaired) electrons. The first-order chi connectivity index (χ1) is 6.56. The molecular weight excluding hydrogens is 178 g/mol. The molecular formula is C10H13N3O. The molecule has 1 heterocycles. The molecule has 14 heavy (non-hydrogen) atoms. The highest BCUT2D eigenvalue weighted by atomic mass is 16.1. The number of rotatable bonds is 3. The molecule has 0 saturated carbocycles. The van der Waals surface area contributed by atoms with E-state index in [4.69, 9.17) is 6.42 Å². The topological polar surface area (TPSA) is 46.9 Å². The highest BCUT2D eigenvalue weighted by Gasteiger charge is 2.19. The van der Waals surface area contributed by atoms with E-state index >= 15 is 0 Å². The quantitative estimate of drug-likeness (QED) is 0.701. The van der Waals surface area contributed by atoms with E-state index in [1.165, 1.54) is 0 Å². The van der Waals surface area contributed by atoms with E-state index in [1.807, 2.05) is 30.5 Å². The van der Waals surface area contributed by atoms with Crippen LogP contribution in [0.4, 0.5) is 0 Å². The Hall–Kier alpha value is -1.76. The van der Waals surface area contributed by atoms with E-state index in [-0.39, 0.29) is 5.54 Å². The van der Waals surface area contributed by atoms with Crippen LogP contribution >= 0.6 is 0 Å². The number of hydrogen-bond donors (Lipinski definition) is 1. The second-order valence-corrected chi connectivity index (χ2v) is 3.61. The number of nitrogens with one attached hydrogen (secondary N) is 1. The Bertz CT molecular complexity index is 346. The minimum atomic E-state index is -0.391. The van der Waals surface area contributed by atoms with E-state index in [2.05, 4.69) is 10.3 Å². The van der Waals surface area contributed by atoms with E-state index in [0.717, 1.165) is 0 Å². The average Bonchev–Trinajstić information content (AvgIpc) is 2.67. The van der Waals surface area contributed by atoms with Crippen molar-refractivity contribution in [1.29, 1.82) is 0 Å². The van der Waals surface area contributed by atoms with Gasteiger partial charge in [-0.25, -0.2) is 4.98 Å². The van der Waals surface area contributed by atoms with Gasteiger partial charge in [-0.05, 0) is 19.8 Å². The van der Waals surface area contributed by atoms with Crippen LogP contribution in [0, 0.1) is 12.3 Å². The van der Waals surface area contributed by atoms with Crippen LogP contribution in [0.25, 0.3) is 0 Å². The molecule has 0 aromatic carbocycles. The van der Waals surface area contributed by atoms with Crippen molar-refractivity contribution in [2.24, 2.45) is 0 Å². The first-order valence-electron chi connectivity index (χ1n) is 4.29. The molecule has 0 unspecified atom stereocenters. The monoisotopic (exact) mass is 191 g/mol. The molecule has 74 valence electrons. The van der Waals surface area contributed by atoms with Crippen molar-refractivity contribution in [2.45, 2.75) is 19.4 Å². The number of nitrogens with zero attached hydrogens (tertiary/aromatic N) is 2. The van der Waals surface area contributed by atoms with Gasteiger partial charge >= 0.3 is 0 Å². The van der Waals surface area contributed by atoms with Gasteiger partial charge in [-0.15, -0.1) is 6.42 Å². The van der Waals surface area contributed by atoms with Crippen molar-refractivity contribution in [3.05, 3.63) is 18.7 Å². The van der Waals surface area contributed by atoms with Gasteiger partial charge in [0.2, 0.25) is 0 Å². The SMILES string of the molecule is C#CC(=O)NCC(C)(C)n1ccnc1. The molecule has 1 N–H and O–H groups in total. The summed E-state index contributed by atoms with van der Waals surface area (Å²) < 4.78 is 1.92. The number of aromatic nitrogens is 2. The van der Waals surface area contributed by atoms with Crippen LogP contribution in [0.15, 0.2) is 18.7 Å². The summed E-state index contributed by atoms with van der Waals surface area (Å²) in [5, 5.41) is 2.64. The highest BCUT2D eigenvalue weighted by Crippen LogP contribution is 2.12. The van der Waals surface area contributed by atoms with Gasteiger partial charge in [0.1, 0.15) is 0 Å². The smallest absolute Gasteiger partial charge is 0.295 e. The predicted octanol–water partition coefficient (Wildman–Crippen LogP) is 0.368. The minimum Gasteiger partial charge on any atom is -0.343 e. The van der Waals surface area contributed by atoms with Crippen LogP contribution in [-0.4, -0.2) is 22.0 Å². The summed E-state index contributed by atoms with van der Waals surface area (Å²) in [4.78, 5) is 14.8. The largest absolute Gasteiger partial charge is 0.343 e. The summed E-state index contributed by atoms with van der Waals surface area (Å²) >= 11 is 0. The third kappa shape index (κ3) is 2.36. The molecule has 0 aliphatic carbocycles. The van der Waals surface area contributed by atoms with Gasteiger partial charge < -0.3 is 9.88 Å². The predicted molar refractivity (Wildman–Crippen MR) is 53.4 cm³/mol. The maximum atomic E-state index is 10.9. The second-order valence-electron chi connectivity index (χ2n) is 3.61. The maximum absolute atomic E-state index is 10.9. The van der Waals surface area contributed by atoms with Crippen LogP contribution in [0.2, 0.25) is 0 Å². The first-order valence-corrected chi connectivity index (χ1v) is 4.29. The van der Waals surface area contributed by atoms with Crippen LogP contribution in [0.5, 0.6) is 0 Å². The summed E-state index contributed by atoms with van der Waals surface area (Å²) in [6.45, 7) is 4.46. The first kappa shape index (κ1) is 10.3. The molecule has 0 aliphatic heterocycles. The van der Waals surface area contributed by atoms with E-state index < -0.39 is 5.91 Å². The Morgan fingerprint density at radius 1 is 1.71 bits per heavy atom. The number of hydrogen-bond acceptors (Lipinski definition) is 2. The van der Waals surface area contributed by atoms with Crippen molar-refractivity contribution in [2.75, 3.05) is 6.54 Å². The molecule has 0 fully saturated rings. The van der Waals surface area contributed by atoms with Gasteiger partial charge in [0.15, 0.2) is 0 Å². The summed E-state index contributed by atoms with van der Waals surface area (Å²) in [5.41, 5.74) is -0.219. The lowest BCUT2D eigenvalue weighted by Crippen LogP contribution is -2.39. The number of carbonyl (C=O) groups excluding carboxylic acids is 1. The van der Waals surface area contributed by atoms with E-state index in [1.54, 1.807) is 12.5 Å². The maximum Gasteiger partial charge on any atom is 0.295 e. The lowest BCUT2D eigenvalue weighted by Gasteiger charge is -2.26. The normalized spacial score (nSPS) is 10.6. The van der Waals surface area contributed by atoms with E-state index in [9.17, 15) is 4.79 Å². The molecule has 0 saturated heterocycles. The van der Waals surface area contributed by atoms with Crippen molar-refractivity contribution in [3.8, 4) is 12.3 Å². The lowest BCUT2D eigenvalue weighted by molar-refractivity contribution is -0.116. The van der Waals surface area contributed by atoms with Crippen molar-refractivity contribution >= 4 is 5.91 Å². The fourth-order valence-corrected chi connectivity index (χ4v) is 1.06. The molecule has 0 atom stereocenters. The highest BCUT2D eigenvalue weighted by molar-refractivity contribution is 5.92. The number of amides is 1. The van der Waals surface area contributed by atoms with Crippen molar-refractivity contribution in [3.63, 3.8) is 0 Å². The molecule has 1 aromatic heterocycles. The van der Waals surface area contributed by atoms with Gasteiger partial charge in [0, 0.05) is 18.9 Å². The van der Waals surface area contributed by atoms with Gasteiger partial charge in [-0.2, -0.15) is 0 Å². The standard InChI is InChI=1S/C10H13N3O/c1-4-9(14)12-7-10(2,3)13-6-5-11-8-13/h1,5-6,8H,7H2,2-3H3,(H,12,14). The number of carbonyl (C=O) groups is 1. The van der Waals surface area contributed by atoms with E-state index in [0.29, 0.717) is 6.54 Å². The Morgan fingerprint density at radius 2 is 2.43 bits per heavy atom. The molecule has 1 aromatic rings. The van der Waals surface area contributed by atoms with Gasteiger partial charge in [-0.3, -0.25) is 4.79 Å². The van der Waals surface area contributed by atoms with Crippen molar-refractivity contribution in [1.82, 2.24) is 14.9 Å². The van der Waals surface area contributed by atoms with Gasteiger partial charge in [0.05, 0.1) is 11.9 Å². The summed E-state index contributed by atoms with van der Waals surface area (Å²) in [6, 6.07) is 0. The molecule has 0 aliphatic rings. The Kier molecular flexibility index (Phi) is 2.92. The summed E-state index contributed by atoms with van der Waals surface area (Å²) in [5.74, 6) is 1.62. The molecule has 4 nitrogen and oxygen atoms in total.